The summed E-state index contributed by atoms with van der Waals surface area (Å²) in [5, 5.41) is 6.84. The van der Waals surface area contributed by atoms with Crippen molar-refractivity contribution in [2.24, 2.45) is 0 Å². The number of nitrogens with one attached hydrogen (secondary N) is 2. The number of amides is 1. The highest BCUT2D eigenvalue weighted by atomic mass is 16.2. The van der Waals surface area contributed by atoms with Gasteiger partial charge in [-0.15, -0.1) is 0 Å². The third-order valence-corrected chi connectivity index (χ3v) is 4.62. The number of carbonyl (C=O) groups is 1. The predicted molar refractivity (Wildman–Crippen MR) is 75.6 cm³/mol. The van der Waals surface area contributed by atoms with Gasteiger partial charge in [0.05, 0.1) is 0 Å². The van der Waals surface area contributed by atoms with E-state index in [4.69, 9.17) is 0 Å². The molecule has 3 nitrogen and oxygen atoms in total. The molecule has 3 heteroatoms. The maximum absolute atomic E-state index is 11.4. The fraction of sp³-hybridized carbons (Fsp3) is 0.562. The van der Waals surface area contributed by atoms with Crippen LogP contribution in [0.5, 0.6) is 0 Å². The first-order valence-corrected chi connectivity index (χ1v) is 7.34. The van der Waals surface area contributed by atoms with Crippen LogP contribution in [-0.4, -0.2) is 17.5 Å². The maximum Gasteiger partial charge on any atom is 0.220 e. The minimum Gasteiger partial charge on any atom is -0.351 e. The lowest BCUT2D eigenvalue weighted by Crippen LogP contribution is -2.47. The van der Waals surface area contributed by atoms with E-state index in [2.05, 4.69) is 41.0 Å². The SMILES string of the molecule is O=C1CCC2(CCC(NCc3ccccc3)CC2)N1. The molecule has 1 aliphatic heterocycles. The molecule has 1 amide bonds. The van der Waals surface area contributed by atoms with Crippen molar-refractivity contribution in [1.29, 1.82) is 0 Å². The molecule has 2 aliphatic rings. The molecule has 1 aromatic rings. The largest absolute Gasteiger partial charge is 0.351 e. The van der Waals surface area contributed by atoms with Crippen LogP contribution in [-0.2, 0) is 11.3 Å². The summed E-state index contributed by atoms with van der Waals surface area (Å²) < 4.78 is 0. The van der Waals surface area contributed by atoms with E-state index in [-0.39, 0.29) is 11.4 Å². The van der Waals surface area contributed by atoms with Gasteiger partial charge in [0.15, 0.2) is 0 Å². The van der Waals surface area contributed by atoms with Gasteiger partial charge in [-0.1, -0.05) is 30.3 Å². The zero-order valence-electron chi connectivity index (χ0n) is 11.3. The third kappa shape index (κ3) is 2.98. The number of carbonyl (C=O) groups excluding carboxylic acids is 1. The zero-order chi connectivity index (χ0) is 13.1. The smallest absolute Gasteiger partial charge is 0.220 e. The van der Waals surface area contributed by atoms with Crippen molar-refractivity contribution in [3.05, 3.63) is 35.9 Å². The van der Waals surface area contributed by atoms with Crippen LogP contribution in [0.4, 0.5) is 0 Å². The molecule has 2 fully saturated rings. The Hall–Kier alpha value is -1.35. The fourth-order valence-corrected chi connectivity index (χ4v) is 3.38. The lowest BCUT2D eigenvalue weighted by molar-refractivity contribution is -0.120. The molecule has 3 rings (SSSR count). The molecule has 0 bridgehead atoms. The molecular formula is C16H22N2O. The molecule has 102 valence electrons. The molecule has 19 heavy (non-hydrogen) atoms. The second-order valence-electron chi connectivity index (χ2n) is 5.97. The number of hydrogen-bond acceptors (Lipinski definition) is 2. The molecule has 0 aromatic heterocycles. The first kappa shape index (κ1) is 12.7. The monoisotopic (exact) mass is 258 g/mol. The first-order chi connectivity index (χ1) is 9.26. The van der Waals surface area contributed by atoms with Crippen LogP contribution in [0, 0.1) is 0 Å². The van der Waals surface area contributed by atoms with E-state index in [0.29, 0.717) is 6.04 Å². The zero-order valence-corrected chi connectivity index (χ0v) is 11.3. The summed E-state index contributed by atoms with van der Waals surface area (Å²) in [6, 6.07) is 11.1. The number of rotatable bonds is 3. The molecule has 0 unspecified atom stereocenters. The topological polar surface area (TPSA) is 41.1 Å². The molecule has 1 aliphatic carbocycles. The van der Waals surface area contributed by atoms with Gasteiger partial charge >= 0.3 is 0 Å². The average Bonchev–Trinajstić information content (AvgIpc) is 2.81. The summed E-state index contributed by atoms with van der Waals surface area (Å²) in [6.45, 7) is 0.949. The van der Waals surface area contributed by atoms with Crippen LogP contribution in [0.1, 0.15) is 44.1 Å². The average molecular weight is 258 g/mol. The summed E-state index contributed by atoms with van der Waals surface area (Å²) in [5.41, 5.74) is 1.49. The quantitative estimate of drug-likeness (QED) is 0.874. The highest BCUT2D eigenvalue weighted by Crippen LogP contribution is 2.35. The van der Waals surface area contributed by atoms with Crippen LogP contribution in [0.2, 0.25) is 0 Å². The summed E-state index contributed by atoms with van der Waals surface area (Å²) in [5.74, 6) is 0.246. The Balaban J connectivity index is 1.47. The second kappa shape index (κ2) is 5.33. The highest BCUT2D eigenvalue weighted by molar-refractivity contribution is 5.79. The fourth-order valence-electron chi connectivity index (χ4n) is 3.38. The van der Waals surface area contributed by atoms with Gasteiger partial charge in [-0.2, -0.15) is 0 Å². The number of hydrogen-bond donors (Lipinski definition) is 2. The van der Waals surface area contributed by atoms with E-state index in [1.54, 1.807) is 0 Å². The van der Waals surface area contributed by atoms with Gasteiger partial charge in [-0.3, -0.25) is 4.79 Å². The van der Waals surface area contributed by atoms with Crippen molar-refractivity contribution in [1.82, 2.24) is 10.6 Å². The van der Waals surface area contributed by atoms with E-state index in [1.807, 2.05) is 0 Å². The van der Waals surface area contributed by atoms with Gasteiger partial charge < -0.3 is 10.6 Å². The molecule has 0 radical (unpaired) electrons. The van der Waals surface area contributed by atoms with E-state index < -0.39 is 0 Å². The first-order valence-electron chi connectivity index (χ1n) is 7.34. The summed E-state index contributed by atoms with van der Waals surface area (Å²) in [4.78, 5) is 11.4. The Morgan fingerprint density at radius 2 is 1.89 bits per heavy atom. The Labute approximate surface area is 114 Å². The summed E-state index contributed by atoms with van der Waals surface area (Å²) in [6.07, 6.45) is 6.37. The van der Waals surface area contributed by atoms with Crippen LogP contribution in [0.15, 0.2) is 30.3 Å². The molecule has 0 atom stereocenters. The van der Waals surface area contributed by atoms with Crippen LogP contribution >= 0.6 is 0 Å². The van der Waals surface area contributed by atoms with Gasteiger partial charge in [-0.05, 0) is 37.7 Å². The third-order valence-electron chi connectivity index (χ3n) is 4.62. The molecular weight excluding hydrogens is 236 g/mol. The highest BCUT2D eigenvalue weighted by Gasteiger charge is 2.40. The minimum atomic E-state index is 0.141. The van der Waals surface area contributed by atoms with E-state index in [0.717, 1.165) is 32.2 Å². The van der Waals surface area contributed by atoms with Gasteiger partial charge in [-0.25, -0.2) is 0 Å². The Morgan fingerprint density at radius 3 is 2.53 bits per heavy atom. The van der Waals surface area contributed by atoms with Crippen molar-refractivity contribution < 1.29 is 4.79 Å². The molecule has 1 saturated carbocycles. The molecule has 1 spiro atoms. The lowest BCUT2D eigenvalue weighted by atomic mass is 9.78. The van der Waals surface area contributed by atoms with E-state index in [1.165, 1.54) is 18.4 Å². The summed E-state index contributed by atoms with van der Waals surface area (Å²) >= 11 is 0. The standard InChI is InChI=1S/C16H22N2O/c19-15-8-11-16(18-15)9-6-14(7-10-16)17-12-13-4-2-1-3-5-13/h1-5,14,17H,6-12H2,(H,18,19). The Kier molecular flexibility index (Phi) is 3.56. The summed E-state index contributed by atoms with van der Waals surface area (Å²) in [7, 11) is 0. The lowest BCUT2D eigenvalue weighted by Gasteiger charge is -2.37. The van der Waals surface area contributed by atoms with E-state index in [9.17, 15) is 4.79 Å². The van der Waals surface area contributed by atoms with Crippen molar-refractivity contribution in [2.75, 3.05) is 0 Å². The molecule has 1 aromatic carbocycles. The molecule has 2 N–H and O–H groups in total. The molecule has 1 heterocycles. The van der Waals surface area contributed by atoms with Crippen molar-refractivity contribution in [3.8, 4) is 0 Å². The molecule has 1 saturated heterocycles. The van der Waals surface area contributed by atoms with Gasteiger partial charge in [0, 0.05) is 24.5 Å². The van der Waals surface area contributed by atoms with E-state index >= 15 is 0 Å². The Morgan fingerprint density at radius 1 is 1.16 bits per heavy atom. The second-order valence-corrected chi connectivity index (χ2v) is 5.97. The van der Waals surface area contributed by atoms with Crippen LogP contribution < -0.4 is 10.6 Å². The van der Waals surface area contributed by atoms with Crippen molar-refractivity contribution in [3.63, 3.8) is 0 Å². The number of benzene rings is 1. The Bertz CT molecular complexity index is 435. The van der Waals surface area contributed by atoms with Crippen LogP contribution in [0.3, 0.4) is 0 Å². The van der Waals surface area contributed by atoms with Crippen molar-refractivity contribution in [2.45, 2.75) is 56.7 Å². The van der Waals surface area contributed by atoms with Gasteiger partial charge in [0.1, 0.15) is 0 Å². The normalized spacial score (nSPS) is 30.5. The van der Waals surface area contributed by atoms with Crippen LogP contribution in [0.25, 0.3) is 0 Å². The maximum atomic E-state index is 11.4. The minimum absolute atomic E-state index is 0.141. The van der Waals surface area contributed by atoms with Gasteiger partial charge in [0.2, 0.25) is 5.91 Å². The van der Waals surface area contributed by atoms with Crippen molar-refractivity contribution >= 4 is 5.91 Å². The van der Waals surface area contributed by atoms with Gasteiger partial charge in [0.25, 0.3) is 0 Å². The predicted octanol–water partition coefficient (Wildman–Crippen LogP) is 2.37.